The van der Waals surface area contributed by atoms with Crippen LogP contribution >= 0.6 is 0 Å². The largest absolute Gasteiger partial charge is 0.493 e. The number of nitrogens with zero attached hydrogens (tertiary/aromatic N) is 1. The van der Waals surface area contributed by atoms with Gasteiger partial charge in [0.05, 0.1) is 31.2 Å². The van der Waals surface area contributed by atoms with Crippen LogP contribution in [-0.2, 0) is 4.74 Å². The van der Waals surface area contributed by atoms with E-state index >= 15 is 0 Å². The van der Waals surface area contributed by atoms with Crippen molar-refractivity contribution in [3.05, 3.63) is 77.6 Å². The third kappa shape index (κ3) is 3.94. The molecule has 1 aromatic heterocycles. The average Bonchev–Trinajstić information content (AvgIpc) is 2.77. The van der Waals surface area contributed by atoms with Crippen molar-refractivity contribution >= 4 is 11.7 Å². The normalized spacial score (nSPS) is 15.2. The highest BCUT2D eigenvalue weighted by Crippen LogP contribution is 2.37. The molecule has 0 fully saturated rings. The summed E-state index contributed by atoms with van der Waals surface area (Å²) in [6.45, 7) is 3.48. The number of anilines is 1. The maximum absolute atomic E-state index is 12.0. The first-order valence-corrected chi connectivity index (χ1v) is 9.76. The summed E-state index contributed by atoms with van der Waals surface area (Å²) in [5.74, 6) is 0.851. The van der Waals surface area contributed by atoms with Gasteiger partial charge in [0.15, 0.2) is 0 Å². The van der Waals surface area contributed by atoms with E-state index in [1.807, 2.05) is 0 Å². The summed E-state index contributed by atoms with van der Waals surface area (Å²) in [5, 5.41) is 3.38. The molecule has 0 aliphatic carbocycles. The predicted molar refractivity (Wildman–Crippen MR) is 114 cm³/mol. The lowest BCUT2D eigenvalue weighted by Crippen LogP contribution is -2.21. The van der Waals surface area contributed by atoms with Gasteiger partial charge in [-0.3, -0.25) is 4.98 Å². The van der Waals surface area contributed by atoms with E-state index in [0.717, 1.165) is 17.7 Å². The lowest BCUT2D eigenvalue weighted by Gasteiger charge is -2.27. The predicted octanol–water partition coefficient (Wildman–Crippen LogP) is 4.82. The van der Waals surface area contributed by atoms with Crippen LogP contribution in [0.3, 0.4) is 0 Å². The smallest absolute Gasteiger partial charge is 0.340 e. The monoisotopic (exact) mass is 388 g/mol. The van der Waals surface area contributed by atoms with Crippen molar-refractivity contribution in [1.82, 2.24) is 4.98 Å². The van der Waals surface area contributed by atoms with Gasteiger partial charge < -0.3 is 14.8 Å². The van der Waals surface area contributed by atoms with E-state index in [1.165, 1.54) is 23.8 Å². The van der Waals surface area contributed by atoms with Gasteiger partial charge in [-0.1, -0.05) is 36.4 Å². The van der Waals surface area contributed by atoms with E-state index in [9.17, 15) is 4.79 Å². The highest BCUT2D eigenvalue weighted by Gasteiger charge is 2.23. The maximum Gasteiger partial charge on any atom is 0.340 e. The van der Waals surface area contributed by atoms with Gasteiger partial charge >= 0.3 is 5.97 Å². The van der Waals surface area contributed by atoms with Gasteiger partial charge in [-0.2, -0.15) is 0 Å². The van der Waals surface area contributed by atoms with Gasteiger partial charge in [0, 0.05) is 18.7 Å². The molecule has 1 atom stereocenters. The van der Waals surface area contributed by atoms with Gasteiger partial charge in [-0.05, 0) is 47.7 Å². The Hall–Kier alpha value is -3.34. The van der Waals surface area contributed by atoms with Gasteiger partial charge in [0.2, 0.25) is 0 Å². The van der Waals surface area contributed by atoms with Crippen molar-refractivity contribution in [3.63, 3.8) is 0 Å². The molecule has 1 aliphatic heterocycles. The molecule has 0 saturated carbocycles. The van der Waals surface area contributed by atoms with Crippen LogP contribution in [0, 0.1) is 6.92 Å². The third-order valence-electron chi connectivity index (χ3n) is 5.40. The van der Waals surface area contributed by atoms with Gasteiger partial charge in [0.1, 0.15) is 5.75 Å². The zero-order chi connectivity index (χ0) is 20.2. The van der Waals surface area contributed by atoms with E-state index in [4.69, 9.17) is 9.47 Å². The zero-order valence-electron chi connectivity index (χ0n) is 16.6. The number of esters is 1. The second kappa shape index (κ2) is 8.35. The number of rotatable bonds is 5. The number of benzene rings is 2. The summed E-state index contributed by atoms with van der Waals surface area (Å²) in [4.78, 5) is 16.1. The standard InChI is InChI=1S/C24H24N2O3/c1-16-5-3-4-6-19(16)17-7-8-20-18(10-12-29-23(20)13-17)14-26-22-15-25-11-9-21(22)24(27)28-2/h3-9,11,13,15,18,26H,10,12,14H2,1-2H3/t18-/m0/s1. The summed E-state index contributed by atoms with van der Waals surface area (Å²) >= 11 is 0. The Morgan fingerprint density at radius 2 is 2.10 bits per heavy atom. The van der Waals surface area contributed by atoms with Crippen LogP contribution in [0.5, 0.6) is 5.75 Å². The number of carbonyl (C=O) groups is 1. The molecule has 29 heavy (non-hydrogen) atoms. The van der Waals surface area contributed by atoms with Crippen molar-refractivity contribution in [1.29, 1.82) is 0 Å². The molecule has 0 bridgehead atoms. The number of fused-ring (bicyclic) bond motifs is 1. The molecule has 4 rings (SSSR count). The van der Waals surface area contributed by atoms with Crippen LogP contribution in [0.1, 0.15) is 33.8 Å². The molecule has 0 unspecified atom stereocenters. The summed E-state index contributed by atoms with van der Waals surface area (Å²) in [6, 6.07) is 16.5. The summed E-state index contributed by atoms with van der Waals surface area (Å²) < 4.78 is 10.8. The van der Waals surface area contributed by atoms with Crippen LogP contribution in [0.25, 0.3) is 11.1 Å². The van der Waals surface area contributed by atoms with Gasteiger partial charge in [-0.25, -0.2) is 4.79 Å². The number of methoxy groups -OCH3 is 1. The molecule has 0 amide bonds. The van der Waals surface area contributed by atoms with Crippen LogP contribution in [0.2, 0.25) is 0 Å². The number of carbonyl (C=O) groups excluding carboxylic acids is 1. The van der Waals surface area contributed by atoms with E-state index in [1.54, 1.807) is 18.5 Å². The number of hydrogen-bond acceptors (Lipinski definition) is 5. The maximum atomic E-state index is 12.0. The quantitative estimate of drug-likeness (QED) is 0.635. The molecule has 2 aromatic carbocycles. The highest BCUT2D eigenvalue weighted by molar-refractivity contribution is 5.95. The Labute approximate surface area is 170 Å². The number of hydrogen-bond donors (Lipinski definition) is 1. The fourth-order valence-corrected chi connectivity index (χ4v) is 3.80. The molecule has 2 heterocycles. The molecular formula is C24H24N2O3. The molecule has 1 aliphatic rings. The van der Waals surface area contributed by atoms with Gasteiger partial charge in [0.25, 0.3) is 0 Å². The first kappa shape index (κ1) is 19.0. The zero-order valence-corrected chi connectivity index (χ0v) is 16.6. The number of pyridine rings is 1. The molecule has 3 aromatic rings. The first-order chi connectivity index (χ1) is 14.2. The number of aryl methyl sites for hydroxylation is 1. The number of aromatic nitrogens is 1. The second-order valence-electron chi connectivity index (χ2n) is 7.20. The lowest BCUT2D eigenvalue weighted by atomic mass is 9.90. The Morgan fingerprint density at radius 3 is 2.93 bits per heavy atom. The van der Waals surface area contributed by atoms with Crippen molar-refractivity contribution in [2.45, 2.75) is 19.3 Å². The lowest BCUT2D eigenvalue weighted by molar-refractivity contribution is 0.0601. The van der Waals surface area contributed by atoms with Crippen molar-refractivity contribution in [3.8, 4) is 16.9 Å². The molecule has 5 heteroatoms. The summed E-state index contributed by atoms with van der Waals surface area (Å²) in [6.07, 6.45) is 4.17. The summed E-state index contributed by atoms with van der Waals surface area (Å²) in [5.41, 5.74) is 5.99. The second-order valence-corrected chi connectivity index (χ2v) is 7.20. The number of ether oxygens (including phenoxy) is 2. The van der Waals surface area contributed by atoms with Crippen molar-refractivity contribution in [2.24, 2.45) is 0 Å². The molecule has 1 N–H and O–H groups in total. The molecule has 0 radical (unpaired) electrons. The molecule has 5 nitrogen and oxygen atoms in total. The Kier molecular flexibility index (Phi) is 5.47. The summed E-state index contributed by atoms with van der Waals surface area (Å²) in [7, 11) is 1.38. The van der Waals surface area contributed by atoms with Crippen LogP contribution < -0.4 is 10.1 Å². The van der Waals surface area contributed by atoms with E-state index in [2.05, 4.69) is 59.7 Å². The fraction of sp³-hybridized carbons (Fsp3) is 0.250. The van der Waals surface area contributed by atoms with E-state index < -0.39 is 0 Å². The minimum atomic E-state index is -0.370. The van der Waals surface area contributed by atoms with Crippen LogP contribution in [-0.4, -0.2) is 31.2 Å². The Bertz CT molecular complexity index is 1030. The minimum absolute atomic E-state index is 0.287. The SMILES string of the molecule is COC(=O)c1ccncc1NC[C@@H]1CCOc2cc(-c3ccccc3C)ccc21. The molecule has 0 spiro atoms. The topological polar surface area (TPSA) is 60.5 Å². The van der Waals surface area contributed by atoms with E-state index in [0.29, 0.717) is 24.4 Å². The number of nitrogens with one attached hydrogen (secondary N) is 1. The van der Waals surface area contributed by atoms with Crippen molar-refractivity contribution < 1.29 is 14.3 Å². The Morgan fingerprint density at radius 1 is 1.24 bits per heavy atom. The first-order valence-electron chi connectivity index (χ1n) is 9.76. The highest BCUT2D eigenvalue weighted by atomic mass is 16.5. The van der Waals surface area contributed by atoms with Crippen molar-refractivity contribution in [2.75, 3.05) is 25.6 Å². The third-order valence-corrected chi connectivity index (χ3v) is 5.40. The molecule has 0 saturated heterocycles. The Balaban J connectivity index is 1.55. The van der Waals surface area contributed by atoms with Crippen LogP contribution in [0.15, 0.2) is 60.9 Å². The average molecular weight is 388 g/mol. The van der Waals surface area contributed by atoms with E-state index in [-0.39, 0.29) is 11.9 Å². The fourth-order valence-electron chi connectivity index (χ4n) is 3.80. The van der Waals surface area contributed by atoms with Gasteiger partial charge in [-0.15, -0.1) is 0 Å². The molecular weight excluding hydrogens is 364 g/mol. The minimum Gasteiger partial charge on any atom is -0.493 e. The molecule has 148 valence electrons. The van der Waals surface area contributed by atoms with Crippen LogP contribution in [0.4, 0.5) is 5.69 Å².